The summed E-state index contributed by atoms with van der Waals surface area (Å²) in [4.78, 5) is 49.8. The molecule has 9 nitrogen and oxygen atoms in total. The summed E-state index contributed by atoms with van der Waals surface area (Å²) in [6.45, 7) is 2.51. The molecule has 10 heteroatoms. The first-order chi connectivity index (χ1) is 13.7. The lowest BCUT2D eigenvalue weighted by atomic mass is 9.95. The van der Waals surface area contributed by atoms with Crippen molar-refractivity contribution in [3.8, 4) is 5.75 Å². The Morgan fingerprint density at radius 2 is 2.00 bits per heavy atom. The highest BCUT2D eigenvalue weighted by Crippen LogP contribution is 2.31. The molecule has 0 saturated carbocycles. The second-order valence-corrected chi connectivity index (χ2v) is 7.38. The molecule has 1 atom stereocenters. The van der Waals surface area contributed by atoms with Gasteiger partial charge in [0.05, 0.1) is 12.8 Å². The van der Waals surface area contributed by atoms with Crippen LogP contribution in [0.3, 0.4) is 0 Å². The lowest BCUT2D eigenvalue weighted by molar-refractivity contribution is -0.133. The van der Waals surface area contributed by atoms with Crippen molar-refractivity contribution in [2.24, 2.45) is 0 Å². The third-order valence-electron chi connectivity index (χ3n) is 4.47. The molecule has 1 aromatic carbocycles. The largest absolute Gasteiger partial charge is 0.495 e. The van der Waals surface area contributed by atoms with Gasteiger partial charge < -0.3 is 20.7 Å². The molecule has 3 N–H and O–H groups in total. The molecule has 2 heterocycles. The Bertz CT molecular complexity index is 975. The van der Waals surface area contributed by atoms with Gasteiger partial charge in [0.25, 0.3) is 5.91 Å². The normalized spacial score (nSPS) is 18.4. The average Bonchev–Trinajstić information content (AvgIpc) is 3.26. The number of hydrogen-bond donors (Lipinski definition) is 3. The maximum absolute atomic E-state index is 12.8. The van der Waals surface area contributed by atoms with E-state index >= 15 is 0 Å². The molecule has 1 saturated heterocycles. The summed E-state index contributed by atoms with van der Waals surface area (Å²) in [5, 5.41) is 11.5. The van der Waals surface area contributed by atoms with Gasteiger partial charge in [-0.2, -0.15) is 11.3 Å². The number of amides is 5. The highest BCUT2D eigenvalue weighted by atomic mass is 32.1. The molecular weight excluding hydrogens is 396 g/mol. The Hall–Kier alpha value is -3.40. The van der Waals surface area contributed by atoms with E-state index in [0.717, 1.165) is 4.90 Å². The number of anilines is 2. The molecule has 1 fully saturated rings. The molecule has 1 aliphatic rings. The first-order valence-corrected chi connectivity index (χ1v) is 9.61. The van der Waals surface area contributed by atoms with Crippen molar-refractivity contribution in [3.63, 3.8) is 0 Å². The zero-order valence-corrected chi connectivity index (χ0v) is 16.9. The zero-order valence-electron chi connectivity index (χ0n) is 16.1. The summed E-state index contributed by atoms with van der Waals surface area (Å²) >= 11 is 1.41. The molecule has 0 radical (unpaired) electrons. The van der Waals surface area contributed by atoms with Crippen LogP contribution in [0.25, 0.3) is 0 Å². The lowest BCUT2D eigenvalue weighted by Crippen LogP contribution is -2.41. The second-order valence-electron chi connectivity index (χ2n) is 6.60. The van der Waals surface area contributed by atoms with Crippen molar-refractivity contribution in [2.45, 2.75) is 19.4 Å². The quantitative estimate of drug-likeness (QED) is 0.624. The van der Waals surface area contributed by atoms with Gasteiger partial charge in [-0.15, -0.1) is 0 Å². The molecule has 3 rings (SSSR count). The predicted molar refractivity (Wildman–Crippen MR) is 108 cm³/mol. The van der Waals surface area contributed by atoms with E-state index in [-0.39, 0.29) is 5.91 Å². The summed E-state index contributed by atoms with van der Waals surface area (Å²) in [5.41, 5.74) is 0.221. The van der Waals surface area contributed by atoms with Crippen LogP contribution in [0.5, 0.6) is 5.75 Å². The van der Waals surface area contributed by atoms with E-state index in [9.17, 15) is 19.2 Å². The first kappa shape index (κ1) is 20.3. The molecule has 5 amide bonds. The molecular formula is C19H20N4O5S. The number of carbonyl (C=O) groups excluding carboxylic acids is 4. The number of ether oxygens (including phenoxy) is 1. The number of carbonyl (C=O) groups is 4. The van der Waals surface area contributed by atoms with Gasteiger partial charge in [0.2, 0.25) is 11.8 Å². The molecule has 1 aromatic heterocycles. The van der Waals surface area contributed by atoms with Gasteiger partial charge in [0.1, 0.15) is 17.8 Å². The topological polar surface area (TPSA) is 117 Å². The first-order valence-electron chi connectivity index (χ1n) is 8.67. The van der Waals surface area contributed by atoms with E-state index in [1.165, 1.54) is 31.4 Å². The molecule has 1 aliphatic heterocycles. The summed E-state index contributed by atoms with van der Waals surface area (Å²) in [6, 6.07) is 5.85. The number of hydrogen-bond acceptors (Lipinski definition) is 6. The number of imide groups is 1. The number of methoxy groups -OCH3 is 1. The van der Waals surface area contributed by atoms with E-state index < -0.39 is 29.9 Å². The molecule has 29 heavy (non-hydrogen) atoms. The molecule has 0 aliphatic carbocycles. The standard InChI is InChI=1S/C19H20N4O5S/c1-11(24)20-13-4-5-15(28-3)14(8-13)21-16(25)9-23-17(26)19(2,22-18(23)27)12-6-7-29-10-12/h4-8,10H,9H2,1-3H3,(H,20,24)(H,21,25)(H,22,27). The third kappa shape index (κ3) is 4.06. The summed E-state index contributed by atoms with van der Waals surface area (Å²) in [6.07, 6.45) is 0. The van der Waals surface area contributed by atoms with Crippen molar-refractivity contribution >= 4 is 46.5 Å². The van der Waals surface area contributed by atoms with E-state index in [1.54, 1.807) is 30.5 Å². The predicted octanol–water partition coefficient (Wildman–Crippen LogP) is 2.12. The van der Waals surface area contributed by atoms with Crippen LogP contribution in [-0.2, 0) is 19.9 Å². The average molecular weight is 416 g/mol. The van der Waals surface area contributed by atoms with Crippen LogP contribution < -0.4 is 20.7 Å². The fourth-order valence-corrected chi connectivity index (χ4v) is 3.77. The fourth-order valence-electron chi connectivity index (χ4n) is 3.01. The van der Waals surface area contributed by atoms with Crippen LogP contribution in [0.1, 0.15) is 19.4 Å². The van der Waals surface area contributed by atoms with E-state index in [1.807, 2.05) is 5.38 Å². The van der Waals surface area contributed by atoms with Gasteiger partial charge in [0, 0.05) is 12.6 Å². The highest BCUT2D eigenvalue weighted by Gasteiger charge is 2.49. The number of urea groups is 1. The Kier molecular flexibility index (Phi) is 5.55. The smallest absolute Gasteiger partial charge is 0.325 e. The van der Waals surface area contributed by atoms with Crippen LogP contribution in [0.15, 0.2) is 35.0 Å². The van der Waals surface area contributed by atoms with Crippen molar-refractivity contribution in [1.82, 2.24) is 10.2 Å². The van der Waals surface area contributed by atoms with Gasteiger partial charge in [0.15, 0.2) is 0 Å². The van der Waals surface area contributed by atoms with Crippen LogP contribution in [-0.4, -0.2) is 42.3 Å². The second kappa shape index (κ2) is 7.92. The maximum Gasteiger partial charge on any atom is 0.325 e. The molecule has 0 bridgehead atoms. The van der Waals surface area contributed by atoms with Crippen LogP contribution >= 0.6 is 11.3 Å². The summed E-state index contributed by atoms with van der Waals surface area (Å²) in [7, 11) is 1.44. The van der Waals surface area contributed by atoms with Crippen molar-refractivity contribution in [3.05, 3.63) is 40.6 Å². The van der Waals surface area contributed by atoms with Crippen molar-refractivity contribution in [1.29, 1.82) is 0 Å². The Balaban J connectivity index is 1.75. The highest BCUT2D eigenvalue weighted by molar-refractivity contribution is 7.08. The monoisotopic (exact) mass is 416 g/mol. The van der Waals surface area contributed by atoms with Crippen LogP contribution in [0.4, 0.5) is 16.2 Å². The van der Waals surface area contributed by atoms with Gasteiger partial charge in [-0.05, 0) is 47.5 Å². The zero-order chi connectivity index (χ0) is 21.2. The minimum atomic E-state index is -1.21. The third-order valence-corrected chi connectivity index (χ3v) is 5.15. The van der Waals surface area contributed by atoms with E-state index in [4.69, 9.17) is 4.74 Å². The maximum atomic E-state index is 12.8. The summed E-state index contributed by atoms with van der Waals surface area (Å²) < 4.78 is 5.21. The number of benzene rings is 1. The fraction of sp³-hybridized carbons (Fsp3) is 0.263. The Labute approximate surface area is 171 Å². The van der Waals surface area contributed by atoms with Crippen LogP contribution in [0.2, 0.25) is 0 Å². The van der Waals surface area contributed by atoms with Gasteiger partial charge in [-0.3, -0.25) is 19.3 Å². The van der Waals surface area contributed by atoms with Gasteiger partial charge in [-0.1, -0.05) is 0 Å². The van der Waals surface area contributed by atoms with E-state index in [2.05, 4.69) is 16.0 Å². The number of nitrogens with one attached hydrogen (secondary N) is 3. The molecule has 2 aromatic rings. The molecule has 1 unspecified atom stereocenters. The van der Waals surface area contributed by atoms with Crippen molar-refractivity contribution in [2.75, 3.05) is 24.3 Å². The van der Waals surface area contributed by atoms with Crippen LogP contribution in [0, 0.1) is 0 Å². The van der Waals surface area contributed by atoms with Gasteiger partial charge in [-0.25, -0.2) is 4.79 Å². The summed E-state index contributed by atoms with van der Waals surface area (Å²) in [5.74, 6) is -0.983. The minimum absolute atomic E-state index is 0.264. The van der Waals surface area contributed by atoms with Gasteiger partial charge >= 0.3 is 6.03 Å². The number of nitrogens with zero attached hydrogens (tertiary/aromatic N) is 1. The number of rotatable bonds is 6. The van der Waals surface area contributed by atoms with Crippen molar-refractivity contribution < 1.29 is 23.9 Å². The molecule has 152 valence electrons. The lowest BCUT2D eigenvalue weighted by Gasteiger charge is -2.20. The Morgan fingerprint density at radius 3 is 2.62 bits per heavy atom. The Morgan fingerprint density at radius 1 is 1.24 bits per heavy atom. The van der Waals surface area contributed by atoms with E-state index in [0.29, 0.717) is 22.7 Å². The minimum Gasteiger partial charge on any atom is -0.495 e. The SMILES string of the molecule is COc1ccc(NC(C)=O)cc1NC(=O)CN1C(=O)NC(C)(c2ccsc2)C1=O. The molecule has 0 spiro atoms. The number of thiophene rings is 1.